The van der Waals surface area contributed by atoms with Gasteiger partial charge in [-0.2, -0.15) is 0 Å². The van der Waals surface area contributed by atoms with Gasteiger partial charge in [-0.05, 0) is 20.8 Å². The number of carbonyl (C=O) groups is 1. The molecule has 0 bridgehead atoms. The lowest BCUT2D eigenvalue weighted by Gasteiger charge is -2.04. The van der Waals surface area contributed by atoms with Crippen molar-refractivity contribution in [3.63, 3.8) is 0 Å². The summed E-state index contributed by atoms with van der Waals surface area (Å²) in [6.07, 6.45) is 2.16. The summed E-state index contributed by atoms with van der Waals surface area (Å²) in [6, 6.07) is 0. The molecule has 0 atom stereocenters. The molecule has 0 N–H and O–H groups in total. The Balaban J connectivity index is 2.46. The number of nitrogens with zero attached hydrogens (tertiary/aromatic N) is 2. The Morgan fingerprint density at radius 1 is 1.57 bits per heavy atom. The minimum atomic E-state index is -0.154. The smallest absolute Gasteiger partial charge is 0.307 e. The summed E-state index contributed by atoms with van der Waals surface area (Å²) in [4.78, 5) is 15.2. The highest BCUT2D eigenvalue weighted by Gasteiger charge is 2.05. The molecule has 0 radical (unpaired) electrons. The van der Waals surface area contributed by atoms with Crippen LogP contribution < -0.4 is 0 Å². The van der Waals surface area contributed by atoms with Gasteiger partial charge in [0.1, 0.15) is 0 Å². The average molecular weight is 196 g/mol. The lowest BCUT2D eigenvalue weighted by Crippen LogP contribution is -2.09. The van der Waals surface area contributed by atoms with Gasteiger partial charge in [-0.3, -0.25) is 4.79 Å². The van der Waals surface area contributed by atoms with Crippen molar-refractivity contribution in [2.45, 2.75) is 33.7 Å². The molecule has 4 nitrogen and oxygen atoms in total. The quantitative estimate of drug-likeness (QED) is 0.685. The normalized spacial score (nSPS) is 10.2. The van der Waals surface area contributed by atoms with Gasteiger partial charge in [0.25, 0.3) is 0 Å². The van der Waals surface area contributed by atoms with Crippen molar-refractivity contribution in [3.05, 3.63) is 17.7 Å². The van der Waals surface area contributed by atoms with Crippen molar-refractivity contribution < 1.29 is 9.53 Å². The average Bonchev–Trinajstić information content (AvgIpc) is 2.46. The molecule has 1 aromatic rings. The Morgan fingerprint density at radius 3 is 2.79 bits per heavy atom. The van der Waals surface area contributed by atoms with Crippen molar-refractivity contribution in [1.29, 1.82) is 0 Å². The minimum Gasteiger partial charge on any atom is -0.466 e. The summed E-state index contributed by atoms with van der Waals surface area (Å²) in [7, 11) is 0. The number of aromatic nitrogens is 2. The van der Waals surface area contributed by atoms with Gasteiger partial charge in [0.2, 0.25) is 0 Å². The number of carbonyl (C=O) groups excluding carboxylic acids is 1. The molecule has 0 unspecified atom stereocenters. The van der Waals surface area contributed by atoms with E-state index in [9.17, 15) is 4.79 Å². The van der Waals surface area contributed by atoms with E-state index < -0.39 is 0 Å². The zero-order valence-corrected chi connectivity index (χ0v) is 8.91. The second-order valence-electron chi connectivity index (χ2n) is 3.16. The number of hydrogen-bond acceptors (Lipinski definition) is 3. The Labute approximate surface area is 83.9 Å². The number of hydrogen-bond donors (Lipinski definition) is 0. The van der Waals surface area contributed by atoms with Crippen molar-refractivity contribution in [2.24, 2.45) is 0 Å². The van der Waals surface area contributed by atoms with Crippen molar-refractivity contribution >= 4 is 5.97 Å². The van der Waals surface area contributed by atoms with Gasteiger partial charge in [0.15, 0.2) is 0 Å². The molecule has 14 heavy (non-hydrogen) atoms. The monoisotopic (exact) mass is 196 g/mol. The van der Waals surface area contributed by atoms with Crippen molar-refractivity contribution in [2.75, 3.05) is 6.61 Å². The van der Waals surface area contributed by atoms with Gasteiger partial charge in [-0.25, -0.2) is 4.98 Å². The van der Waals surface area contributed by atoms with Crippen LogP contribution in [0.3, 0.4) is 0 Å². The molecule has 0 saturated carbocycles. The predicted octanol–water partition coefficient (Wildman–Crippen LogP) is 1.45. The molecule has 1 aromatic heterocycles. The van der Waals surface area contributed by atoms with Crippen LogP contribution in [0.15, 0.2) is 6.33 Å². The largest absolute Gasteiger partial charge is 0.466 e. The third-order valence-corrected chi connectivity index (χ3v) is 2.21. The molecule has 0 spiro atoms. The Kier molecular flexibility index (Phi) is 3.68. The molecule has 78 valence electrons. The fourth-order valence-corrected chi connectivity index (χ4v) is 1.21. The highest BCUT2D eigenvalue weighted by atomic mass is 16.5. The molecule has 0 aromatic carbocycles. The summed E-state index contributed by atoms with van der Waals surface area (Å²) in [5.41, 5.74) is 2.11. The first kappa shape index (κ1) is 10.8. The second kappa shape index (κ2) is 4.79. The van der Waals surface area contributed by atoms with Gasteiger partial charge in [-0.15, -0.1) is 0 Å². The fraction of sp³-hybridized carbons (Fsp3) is 0.600. The number of ether oxygens (including phenoxy) is 1. The van der Waals surface area contributed by atoms with E-state index in [-0.39, 0.29) is 5.97 Å². The van der Waals surface area contributed by atoms with Gasteiger partial charge in [0.05, 0.1) is 25.0 Å². The lowest BCUT2D eigenvalue weighted by atomic mass is 10.3. The van der Waals surface area contributed by atoms with Crippen LogP contribution in [0, 0.1) is 13.8 Å². The number of esters is 1. The van der Waals surface area contributed by atoms with Crippen LogP contribution in [0.25, 0.3) is 0 Å². The fourth-order valence-electron chi connectivity index (χ4n) is 1.21. The first-order chi connectivity index (χ1) is 6.65. The topological polar surface area (TPSA) is 44.1 Å². The highest BCUT2D eigenvalue weighted by molar-refractivity contribution is 5.69. The van der Waals surface area contributed by atoms with Crippen molar-refractivity contribution in [1.82, 2.24) is 9.55 Å². The predicted molar refractivity (Wildman–Crippen MR) is 53.0 cm³/mol. The number of imidazole rings is 1. The molecule has 0 fully saturated rings. The van der Waals surface area contributed by atoms with E-state index in [4.69, 9.17) is 4.74 Å². The van der Waals surface area contributed by atoms with Crippen LogP contribution in [-0.4, -0.2) is 22.1 Å². The third kappa shape index (κ3) is 2.58. The summed E-state index contributed by atoms with van der Waals surface area (Å²) < 4.78 is 6.80. The first-order valence-corrected chi connectivity index (χ1v) is 4.79. The van der Waals surface area contributed by atoms with Gasteiger partial charge < -0.3 is 9.30 Å². The molecule has 1 heterocycles. The molecule has 0 aliphatic rings. The second-order valence-corrected chi connectivity index (χ2v) is 3.16. The standard InChI is InChI=1S/C10H16N2O2/c1-4-14-10(13)5-6-12-7-11-8(2)9(12)3/h7H,4-6H2,1-3H3. The van der Waals surface area contributed by atoms with E-state index in [2.05, 4.69) is 4.98 Å². The van der Waals surface area contributed by atoms with E-state index in [1.807, 2.05) is 25.3 Å². The molecular weight excluding hydrogens is 180 g/mol. The van der Waals surface area contributed by atoms with E-state index in [0.717, 1.165) is 11.4 Å². The molecular formula is C10H16N2O2. The van der Waals surface area contributed by atoms with E-state index in [1.54, 1.807) is 6.33 Å². The maximum atomic E-state index is 11.1. The molecule has 1 rings (SSSR count). The molecule has 0 aliphatic heterocycles. The Bertz CT molecular complexity index is 318. The van der Waals surface area contributed by atoms with Gasteiger partial charge >= 0.3 is 5.97 Å². The third-order valence-electron chi connectivity index (χ3n) is 2.21. The zero-order chi connectivity index (χ0) is 10.6. The van der Waals surface area contributed by atoms with Gasteiger partial charge in [-0.1, -0.05) is 0 Å². The Hall–Kier alpha value is -1.32. The van der Waals surface area contributed by atoms with Crippen LogP contribution in [0.4, 0.5) is 0 Å². The maximum absolute atomic E-state index is 11.1. The van der Waals surface area contributed by atoms with E-state index in [1.165, 1.54) is 0 Å². The van der Waals surface area contributed by atoms with Gasteiger partial charge in [0, 0.05) is 12.2 Å². The molecule has 0 saturated heterocycles. The maximum Gasteiger partial charge on any atom is 0.307 e. The number of rotatable bonds is 4. The summed E-state index contributed by atoms with van der Waals surface area (Å²) in [5, 5.41) is 0. The van der Waals surface area contributed by atoms with E-state index >= 15 is 0 Å². The molecule has 0 amide bonds. The van der Waals surface area contributed by atoms with Crippen LogP contribution >= 0.6 is 0 Å². The Morgan fingerprint density at radius 2 is 2.29 bits per heavy atom. The van der Waals surface area contributed by atoms with Crippen LogP contribution in [0.5, 0.6) is 0 Å². The zero-order valence-electron chi connectivity index (χ0n) is 8.91. The van der Waals surface area contributed by atoms with Crippen LogP contribution in [0.1, 0.15) is 24.7 Å². The number of aryl methyl sites for hydroxylation is 2. The summed E-state index contributed by atoms with van der Waals surface area (Å²) in [5.74, 6) is -0.154. The molecule has 0 aliphatic carbocycles. The van der Waals surface area contributed by atoms with E-state index in [0.29, 0.717) is 19.6 Å². The SMILES string of the molecule is CCOC(=O)CCn1cnc(C)c1C. The summed E-state index contributed by atoms with van der Waals surface area (Å²) in [6.45, 7) is 6.85. The highest BCUT2D eigenvalue weighted by Crippen LogP contribution is 2.05. The summed E-state index contributed by atoms with van der Waals surface area (Å²) >= 11 is 0. The first-order valence-electron chi connectivity index (χ1n) is 4.79. The van der Waals surface area contributed by atoms with Crippen molar-refractivity contribution in [3.8, 4) is 0 Å². The molecule has 4 heteroatoms. The van der Waals surface area contributed by atoms with Crippen LogP contribution in [0.2, 0.25) is 0 Å². The van der Waals surface area contributed by atoms with Crippen LogP contribution in [-0.2, 0) is 16.1 Å². The minimum absolute atomic E-state index is 0.154. The lowest BCUT2D eigenvalue weighted by molar-refractivity contribution is -0.143.